The fraction of sp³-hybridized carbons (Fsp3) is 0.400. The zero-order valence-electron chi connectivity index (χ0n) is 10.5. The minimum atomic E-state index is 0.732. The van der Waals surface area contributed by atoms with Gasteiger partial charge in [0.2, 0.25) is 0 Å². The number of hydrogen-bond donors (Lipinski definition) is 1. The Balaban J connectivity index is 1.91. The Morgan fingerprint density at radius 3 is 3.06 bits per heavy atom. The summed E-state index contributed by atoms with van der Waals surface area (Å²) in [6, 6.07) is 10.5. The Bertz CT molecular complexity index is 533. The smallest absolute Gasteiger partial charge is 0.136 e. The van der Waals surface area contributed by atoms with Crippen LogP contribution < -0.4 is 10.6 Å². The fourth-order valence-electron chi connectivity index (χ4n) is 2.85. The quantitative estimate of drug-likeness (QED) is 0.897. The van der Waals surface area contributed by atoms with Gasteiger partial charge in [-0.05, 0) is 36.8 Å². The highest BCUT2D eigenvalue weighted by molar-refractivity contribution is 5.92. The Kier molecular flexibility index (Phi) is 3.15. The first-order valence-corrected chi connectivity index (χ1v) is 6.67. The minimum Gasteiger partial charge on any atom is -0.356 e. The van der Waals surface area contributed by atoms with Crippen molar-refractivity contribution in [3.8, 4) is 0 Å². The van der Waals surface area contributed by atoms with Gasteiger partial charge in [-0.1, -0.05) is 24.3 Å². The van der Waals surface area contributed by atoms with Crippen LogP contribution in [-0.4, -0.2) is 24.6 Å². The van der Waals surface area contributed by atoms with Gasteiger partial charge in [-0.3, -0.25) is 0 Å². The van der Waals surface area contributed by atoms with Crippen LogP contribution in [0, 0.1) is 5.92 Å². The average molecular weight is 241 g/mol. The number of pyridine rings is 1. The van der Waals surface area contributed by atoms with E-state index in [1.807, 2.05) is 6.20 Å². The maximum absolute atomic E-state index is 5.65. The Morgan fingerprint density at radius 1 is 1.28 bits per heavy atom. The number of fused-ring (bicyclic) bond motifs is 1. The zero-order valence-corrected chi connectivity index (χ0v) is 10.5. The predicted molar refractivity (Wildman–Crippen MR) is 75.7 cm³/mol. The molecule has 0 radical (unpaired) electrons. The van der Waals surface area contributed by atoms with Crippen molar-refractivity contribution in [2.45, 2.75) is 12.8 Å². The molecule has 0 spiro atoms. The Labute approximate surface area is 108 Å². The first-order chi connectivity index (χ1) is 8.88. The van der Waals surface area contributed by atoms with Crippen LogP contribution in [0.1, 0.15) is 12.8 Å². The molecule has 3 rings (SSSR count). The summed E-state index contributed by atoms with van der Waals surface area (Å²) in [5.41, 5.74) is 5.65. The van der Waals surface area contributed by atoms with Crippen molar-refractivity contribution >= 4 is 16.6 Å². The number of aromatic nitrogens is 1. The third kappa shape index (κ3) is 2.06. The van der Waals surface area contributed by atoms with E-state index >= 15 is 0 Å². The molecule has 1 aliphatic rings. The van der Waals surface area contributed by atoms with Crippen LogP contribution in [0.15, 0.2) is 36.5 Å². The molecule has 3 nitrogen and oxygen atoms in total. The monoisotopic (exact) mass is 241 g/mol. The molecule has 18 heavy (non-hydrogen) atoms. The molecule has 2 heterocycles. The van der Waals surface area contributed by atoms with Crippen LogP contribution in [0.5, 0.6) is 0 Å². The highest BCUT2D eigenvalue weighted by atomic mass is 15.2. The van der Waals surface area contributed by atoms with E-state index in [0.29, 0.717) is 0 Å². The highest BCUT2D eigenvalue weighted by Crippen LogP contribution is 2.29. The van der Waals surface area contributed by atoms with Crippen molar-refractivity contribution in [2.75, 3.05) is 24.5 Å². The molecule has 1 unspecified atom stereocenters. The van der Waals surface area contributed by atoms with Gasteiger partial charge < -0.3 is 10.6 Å². The van der Waals surface area contributed by atoms with Gasteiger partial charge in [0, 0.05) is 24.7 Å². The zero-order chi connectivity index (χ0) is 12.4. The highest BCUT2D eigenvalue weighted by Gasteiger charge is 2.23. The lowest BCUT2D eigenvalue weighted by molar-refractivity contribution is 0.546. The molecular formula is C15H19N3. The molecule has 1 aliphatic heterocycles. The molecule has 0 bridgehead atoms. The van der Waals surface area contributed by atoms with Gasteiger partial charge in [0.1, 0.15) is 5.82 Å². The van der Waals surface area contributed by atoms with E-state index in [2.05, 4.69) is 40.2 Å². The van der Waals surface area contributed by atoms with Crippen molar-refractivity contribution in [3.05, 3.63) is 36.5 Å². The summed E-state index contributed by atoms with van der Waals surface area (Å²) in [5.74, 6) is 1.86. The number of rotatable bonds is 3. The van der Waals surface area contributed by atoms with E-state index < -0.39 is 0 Å². The number of benzene rings is 1. The van der Waals surface area contributed by atoms with E-state index in [-0.39, 0.29) is 0 Å². The van der Waals surface area contributed by atoms with Gasteiger partial charge >= 0.3 is 0 Å². The molecule has 2 N–H and O–H groups in total. The van der Waals surface area contributed by atoms with Crippen molar-refractivity contribution in [1.29, 1.82) is 0 Å². The van der Waals surface area contributed by atoms with Crippen LogP contribution in [-0.2, 0) is 0 Å². The molecule has 3 heteroatoms. The molecule has 0 amide bonds. The number of nitrogens with zero attached hydrogens (tertiary/aromatic N) is 2. The van der Waals surface area contributed by atoms with E-state index in [1.165, 1.54) is 17.2 Å². The average Bonchev–Trinajstić information content (AvgIpc) is 2.87. The van der Waals surface area contributed by atoms with Crippen molar-refractivity contribution in [2.24, 2.45) is 11.7 Å². The largest absolute Gasteiger partial charge is 0.356 e. The van der Waals surface area contributed by atoms with Crippen molar-refractivity contribution < 1.29 is 0 Å². The minimum absolute atomic E-state index is 0.732. The summed E-state index contributed by atoms with van der Waals surface area (Å²) >= 11 is 0. The normalized spacial score (nSPS) is 19.6. The lowest BCUT2D eigenvalue weighted by Gasteiger charge is -2.19. The topological polar surface area (TPSA) is 42.1 Å². The molecule has 1 fully saturated rings. The number of nitrogens with two attached hydrogens (primary N) is 1. The third-order valence-electron chi connectivity index (χ3n) is 3.81. The molecule has 1 atom stereocenters. The SMILES string of the molecule is NCCC1CCN(c2nccc3ccccc23)C1. The summed E-state index contributed by atoms with van der Waals surface area (Å²) < 4.78 is 0. The summed E-state index contributed by atoms with van der Waals surface area (Å²) in [6.07, 6.45) is 4.28. The van der Waals surface area contributed by atoms with Gasteiger partial charge in [0.15, 0.2) is 0 Å². The summed E-state index contributed by atoms with van der Waals surface area (Å²) in [4.78, 5) is 6.98. The van der Waals surface area contributed by atoms with Crippen LogP contribution in [0.2, 0.25) is 0 Å². The second-order valence-corrected chi connectivity index (χ2v) is 5.03. The first kappa shape index (κ1) is 11.5. The summed E-state index contributed by atoms with van der Waals surface area (Å²) in [5, 5.41) is 2.53. The summed E-state index contributed by atoms with van der Waals surface area (Å²) in [7, 11) is 0. The van der Waals surface area contributed by atoms with E-state index in [0.717, 1.165) is 37.8 Å². The van der Waals surface area contributed by atoms with Crippen LogP contribution in [0.25, 0.3) is 10.8 Å². The van der Waals surface area contributed by atoms with Crippen molar-refractivity contribution in [3.63, 3.8) is 0 Å². The molecule has 2 aromatic rings. The fourth-order valence-corrected chi connectivity index (χ4v) is 2.85. The third-order valence-corrected chi connectivity index (χ3v) is 3.81. The molecular weight excluding hydrogens is 222 g/mol. The second-order valence-electron chi connectivity index (χ2n) is 5.03. The van der Waals surface area contributed by atoms with Gasteiger partial charge in [-0.15, -0.1) is 0 Å². The first-order valence-electron chi connectivity index (χ1n) is 6.67. The lowest BCUT2D eigenvalue weighted by atomic mass is 10.1. The van der Waals surface area contributed by atoms with Gasteiger partial charge in [-0.25, -0.2) is 4.98 Å². The molecule has 94 valence electrons. The predicted octanol–water partition coefficient (Wildman–Crippen LogP) is 2.41. The Morgan fingerprint density at radius 2 is 2.17 bits per heavy atom. The molecule has 0 aliphatic carbocycles. The van der Waals surface area contributed by atoms with Gasteiger partial charge in [-0.2, -0.15) is 0 Å². The van der Waals surface area contributed by atoms with Gasteiger partial charge in [0.25, 0.3) is 0 Å². The maximum Gasteiger partial charge on any atom is 0.136 e. The molecule has 1 aromatic heterocycles. The molecule has 1 aromatic carbocycles. The molecule has 0 saturated carbocycles. The van der Waals surface area contributed by atoms with Crippen LogP contribution >= 0.6 is 0 Å². The number of anilines is 1. The van der Waals surface area contributed by atoms with Gasteiger partial charge in [0.05, 0.1) is 0 Å². The summed E-state index contributed by atoms with van der Waals surface area (Å²) in [6.45, 7) is 2.99. The van der Waals surface area contributed by atoms with E-state index in [4.69, 9.17) is 5.73 Å². The standard InChI is InChI=1S/C15H19N3/c16-8-5-12-7-10-18(11-12)15-14-4-2-1-3-13(14)6-9-17-15/h1-4,6,9,12H,5,7-8,10-11,16H2. The second kappa shape index (κ2) is 4.94. The molecule has 1 saturated heterocycles. The van der Waals surface area contributed by atoms with Crippen molar-refractivity contribution in [1.82, 2.24) is 4.98 Å². The van der Waals surface area contributed by atoms with Crippen LogP contribution in [0.4, 0.5) is 5.82 Å². The van der Waals surface area contributed by atoms with E-state index in [9.17, 15) is 0 Å². The maximum atomic E-state index is 5.65. The lowest BCUT2D eigenvalue weighted by Crippen LogP contribution is -2.21. The number of hydrogen-bond acceptors (Lipinski definition) is 3. The van der Waals surface area contributed by atoms with Crippen LogP contribution in [0.3, 0.4) is 0 Å². The Hall–Kier alpha value is -1.61. The van der Waals surface area contributed by atoms with E-state index in [1.54, 1.807) is 0 Å².